The van der Waals surface area contributed by atoms with E-state index in [0.29, 0.717) is 21.3 Å². The van der Waals surface area contributed by atoms with Crippen molar-refractivity contribution in [2.45, 2.75) is 0 Å². The zero-order valence-corrected chi connectivity index (χ0v) is 13.8. The van der Waals surface area contributed by atoms with Crippen LogP contribution in [0, 0.1) is 11.3 Å². The van der Waals surface area contributed by atoms with Gasteiger partial charge in [-0.05, 0) is 46.3 Å². The van der Waals surface area contributed by atoms with E-state index in [9.17, 15) is 4.79 Å². The lowest BCUT2D eigenvalue weighted by Crippen LogP contribution is -2.27. The molecule has 0 fully saturated rings. The summed E-state index contributed by atoms with van der Waals surface area (Å²) >= 11 is 6.73. The Morgan fingerprint density at radius 2 is 1.90 bits per heavy atom. The number of nitrogens with zero attached hydrogens (tertiary/aromatic N) is 2. The number of carbonyl (C=O) groups is 1. The summed E-state index contributed by atoms with van der Waals surface area (Å²) in [6.07, 6.45) is 0. The van der Waals surface area contributed by atoms with Crippen molar-refractivity contribution < 1.29 is 4.79 Å². The topological polar surface area (TPSA) is 44.1 Å². The van der Waals surface area contributed by atoms with Gasteiger partial charge in [0.25, 0.3) is 5.91 Å². The number of anilines is 1. The molecular formula is C15H10Br2N2O. The maximum Gasteiger partial charge on any atom is 0.259 e. The Bertz CT molecular complexity index is 707. The lowest BCUT2D eigenvalue weighted by molar-refractivity contribution is 0.0992. The average molecular weight is 394 g/mol. The molecule has 5 heteroatoms. The number of rotatable bonds is 2. The second kappa shape index (κ2) is 6.21. The van der Waals surface area contributed by atoms with Gasteiger partial charge in [-0.2, -0.15) is 5.26 Å². The highest BCUT2D eigenvalue weighted by atomic mass is 79.9. The minimum atomic E-state index is -0.180. The Kier molecular flexibility index (Phi) is 4.58. The maximum absolute atomic E-state index is 12.6. The van der Waals surface area contributed by atoms with Gasteiger partial charge in [0, 0.05) is 16.0 Å². The lowest BCUT2D eigenvalue weighted by atomic mass is 10.1. The number of benzene rings is 2. The second-order valence-electron chi connectivity index (χ2n) is 4.12. The van der Waals surface area contributed by atoms with Gasteiger partial charge in [0.1, 0.15) is 6.07 Å². The van der Waals surface area contributed by atoms with E-state index < -0.39 is 0 Å². The second-order valence-corrected chi connectivity index (χ2v) is 5.89. The number of hydrogen-bond donors (Lipinski definition) is 0. The van der Waals surface area contributed by atoms with Crippen LogP contribution in [0.2, 0.25) is 0 Å². The van der Waals surface area contributed by atoms with E-state index in [-0.39, 0.29) is 5.91 Å². The van der Waals surface area contributed by atoms with Gasteiger partial charge in [-0.15, -0.1) is 0 Å². The SMILES string of the molecule is CN(C(=O)c1cc(Br)ccc1Br)c1ccccc1C#N. The van der Waals surface area contributed by atoms with Crippen molar-refractivity contribution >= 4 is 43.5 Å². The Hall–Kier alpha value is -1.64. The van der Waals surface area contributed by atoms with Gasteiger partial charge in [-0.25, -0.2) is 0 Å². The van der Waals surface area contributed by atoms with Gasteiger partial charge < -0.3 is 4.90 Å². The van der Waals surface area contributed by atoms with Gasteiger partial charge in [-0.1, -0.05) is 28.1 Å². The first-order valence-electron chi connectivity index (χ1n) is 5.77. The van der Waals surface area contributed by atoms with Crippen molar-refractivity contribution in [1.29, 1.82) is 5.26 Å². The number of carbonyl (C=O) groups excluding carboxylic acids is 1. The molecule has 100 valence electrons. The lowest BCUT2D eigenvalue weighted by Gasteiger charge is -2.19. The summed E-state index contributed by atoms with van der Waals surface area (Å²) in [7, 11) is 1.66. The predicted octanol–water partition coefficient (Wildman–Crippen LogP) is 4.36. The van der Waals surface area contributed by atoms with Crippen LogP contribution in [-0.4, -0.2) is 13.0 Å². The summed E-state index contributed by atoms with van der Waals surface area (Å²) in [6, 6.07) is 14.5. The monoisotopic (exact) mass is 392 g/mol. The number of nitriles is 1. The molecule has 0 bridgehead atoms. The molecule has 0 N–H and O–H groups in total. The molecule has 0 heterocycles. The molecule has 0 unspecified atom stereocenters. The van der Waals surface area contributed by atoms with Crippen molar-refractivity contribution in [2.75, 3.05) is 11.9 Å². The third kappa shape index (κ3) is 2.92. The molecule has 0 atom stereocenters. The van der Waals surface area contributed by atoms with Gasteiger partial charge in [0.05, 0.1) is 16.8 Å². The first-order chi connectivity index (χ1) is 9.54. The third-order valence-electron chi connectivity index (χ3n) is 2.85. The highest BCUT2D eigenvalue weighted by molar-refractivity contribution is 9.11. The predicted molar refractivity (Wildman–Crippen MR) is 85.7 cm³/mol. The molecule has 3 nitrogen and oxygen atoms in total. The van der Waals surface area contributed by atoms with E-state index in [1.807, 2.05) is 6.07 Å². The highest BCUT2D eigenvalue weighted by Gasteiger charge is 2.18. The van der Waals surface area contributed by atoms with Crippen molar-refractivity contribution in [3.63, 3.8) is 0 Å². The fourth-order valence-electron chi connectivity index (χ4n) is 1.81. The Labute approximate surface area is 134 Å². The van der Waals surface area contributed by atoms with Crippen LogP contribution in [0.3, 0.4) is 0 Å². The molecular weight excluding hydrogens is 384 g/mol. The first-order valence-corrected chi connectivity index (χ1v) is 7.35. The molecule has 1 amide bonds. The van der Waals surface area contributed by atoms with Crippen LogP contribution in [0.25, 0.3) is 0 Å². The molecule has 0 aliphatic rings. The van der Waals surface area contributed by atoms with Crippen molar-refractivity contribution in [3.05, 3.63) is 62.5 Å². The molecule has 0 radical (unpaired) electrons. The van der Waals surface area contributed by atoms with E-state index in [2.05, 4.69) is 37.9 Å². The molecule has 2 rings (SSSR count). The van der Waals surface area contributed by atoms with Crippen LogP contribution in [0.5, 0.6) is 0 Å². The fraction of sp³-hybridized carbons (Fsp3) is 0.0667. The summed E-state index contributed by atoms with van der Waals surface area (Å²) in [5.74, 6) is -0.180. The minimum absolute atomic E-state index is 0.180. The Morgan fingerprint density at radius 1 is 1.20 bits per heavy atom. The van der Waals surface area contributed by atoms with Crippen LogP contribution in [0.4, 0.5) is 5.69 Å². The molecule has 20 heavy (non-hydrogen) atoms. The van der Waals surface area contributed by atoms with Gasteiger partial charge >= 0.3 is 0 Å². The van der Waals surface area contributed by atoms with Crippen molar-refractivity contribution in [2.24, 2.45) is 0 Å². The molecule has 0 saturated carbocycles. The Morgan fingerprint density at radius 3 is 2.60 bits per heavy atom. The molecule has 0 aliphatic carbocycles. The average Bonchev–Trinajstić information content (AvgIpc) is 2.48. The largest absolute Gasteiger partial charge is 0.310 e. The molecule has 2 aromatic rings. The van der Waals surface area contributed by atoms with Crippen molar-refractivity contribution in [1.82, 2.24) is 0 Å². The summed E-state index contributed by atoms with van der Waals surface area (Å²) in [4.78, 5) is 14.0. The molecule has 0 spiro atoms. The number of para-hydroxylation sites is 1. The Balaban J connectivity index is 2.43. The summed E-state index contributed by atoms with van der Waals surface area (Å²) in [6.45, 7) is 0. The number of hydrogen-bond acceptors (Lipinski definition) is 2. The maximum atomic E-state index is 12.6. The van der Waals surface area contributed by atoms with Crippen LogP contribution in [0.15, 0.2) is 51.4 Å². The summed E-state index contributed by atoms with van der Waals surface area (Å²) in [5, 5.41) is 9.11. The van der Waals surface area contributed by atoms with Gasteiger partial charge in [0.15, 0.2) is 0 Å². The van der Waals surface area contributed by atoms with Crippen molar-refractivity contribution in [3.8, 4) is 6.07 Å². The van der Waals surface area contributed by atoms with E-state index >= 15 is 0 Å². The first kappa shape index (κ1) is 14.8. The quantitative estimate of drug-likeness (QED) is 0.760. The molecule has 0 aliphatic heterocycles. The zero-order chi connectivity index (χ0) is 14.7. The van der Waals surface area contributed by atoms with Gasteiger partial charge in [-0.3, -0.25) is 4.79 Å². The van der Waals surface area contributed by atoms with E-state index in [1.165, 1.54) is 4.90 Å². The molecule has 2 aromatic carbocycles. The van der Waals surface area contributed by atoms with Crippen LogP contribution in [0.1, 0.15) is 15.9 Å². The fourth-order valence-corrected chi connectivity index (χ4v) is 2.59. The minimum Gasteiger partial charge on any atom is -0.310 e. The summed E-state index contributed by atoms with van der Waals surface area (Å²) in [5.41, 5.74) is 1.59. The zero-order valence-electron chi connectivity index (χ0n) is 10.6. The van der Waals surface area contributed by atoms with Gasteiger partial charge in [0.2, 0.25) is 0 Å². The normalized spacial score (nSPS) is 9.90. The van der Waals surface area contributed by atoms with Crippen LogP contribution >= 0.6 is 31.9 Å². The number of halogens is 2. The smallest absolute Gasteiger partial charge is 0.259 e. The summed E-state index contributed by atoms with van der Waals surface area (Å²) < 4.78 is 1.54. The van der Waals surface area contributed by atoms with E-state index in [4.69, 9.17) is 5.26 Å². The third-order valence-corrected chi connectivity index (χ3v) is 4.03. The number of amides is 1. The molecule has 0 saturated heterocycles. The highest BCUT2D eigenvalue weighted by Crippen LogP contribution is 2.26. The standard InChI is InChI=1S/C15H10Br2N2O/c1-19(14-5-3-2-4-10(14)9-18)15(20)12-8-11(16)6-7-13(12)17/h2-8H,1H3. The van der Waals surface area contributed by atoms with Crippen LogP contribution in [-0.2, 0) is 0 Å². The van der Waals surface area contributed by atoms with Crippen LogP contribution < -0.4 is 4.90 Å². The molecule has 0 aromatic heterocycles. The van der Waals surface area contributed by atoms with E-state index in [0.717, 1.165) is 4.47 Å². The van der Waals surface area contributed by atoms with E-state index in [1.54, 1.807) is 43.4 Å².